The zero-order chi connectivity index (χ0) is 12.4. The van der Waals surface area contributed by atoms with E-state index in [9.17, 15) is 19.5 Å². The molecule has 0 unspecified atom stereocenters. The van der Waals surface area contributed by atoms with Gasteiger partial charge < -0.3 is 9.90 Å². The second kappa shape index (κ2) is 4.72. The molecule has 0 atom stereocenters. The fourth-order valence-corrected chi connectivity index (χ4v) is 2.83. The van der Waals surface area contributed by atoms with Crippen molar-refractivity contribution in [3.63, 3.8) is 0 Å². The van der Waals surface area contributed by atoms with Gasteiger partial charge in [0.1, 0.15) is 0 Å². The molecule has 1 aliphatic rings. The van der Waals surface area contributed by atoms with Crippen LogP contribution in [0, 0.1) is 0 Å². The third-order valence-electron chi connectivity index (χ3n) is 1.98. The quantitative estimate of drug-likeness (QED) is 0.747. The zero-order valence-electron chi connectivity index (χ0n) is 8.41. The number of carbonyl (C=O) groups excluding carboxylic acids is 3. The molecule has 0 bridgehead atoms. The molecule has 0 radical (unpaired) electrons. The zero-order valence-corrected chi connectivity index (χ0v) is 10.0. The number of nitrogens with zero attached hydrogens (tertiary/aromatic N) is 1. The van der Waals surface area contributed by atoms with Gasteiger partial charge in [-0.05, 0) is 29.3 Å². The van der Waals surface area contributed by atoms with Crippen molar-refractivity contribution in [2.24, 2.45) is 0 Å². The Balaban J connectivity index is 2.21. The van der Waals surface area contributed by atoms with Gasteiger partial charge in [-0.25, -0.2) is 0 Å². The average Bonchev–Trinajstić information content (AvgIpc) is 2.83. The number of thioether (sulfide) groups is 1. The van der Waals surface area contributed by atoms with Gasteiger partial charge in [0.05, 0.1) is 17.4 Å². The van der Waals surface area contributed by atoms with Crippen molar-refractivity contribution in [1.82, 2.24) is 4.90 Å². The monoisotopic (exact) mass is 268 g/mol. The van der Waals surface area contributed by atoms with Crippen molar-refractivity contribution in [2.45, 2.75) is 0 Å². The third-order valence-corrected chi connectivity index (χ3v) is 3.70. The molecule has 2 rings (SSSR count). The summed E-state index contributed by atoms with van der Waals surface area (Å²) in [6.07, 6.45) is 1.57. The number of thiophene rings is 1. The highest BCUT2D eigenvalue weighted by molar-refractivity contribution is 8.18. The van der Waals surface area contributed by atoms with E-state index < -0.39 is 23.7 Å². The van der Waals surface area contributed by atoms with Gasteiger partial charge in [-0.15, -0.1) is 11.3 Å². The van der Waals surface area contributed by atoms with Gasteiger partial charge in [0.15, 0.2) is 0 Å². The van der Waals surface area contributed by atoms with Crippen molar-refractivity contribution in [2.75, 3.05) is 6.54 Å². The number of amides is 2. The van der Waals surface area contributed by atoms with Gasteiger partial charge in [0.2, 0.25) is 0 Å². The Morgan fingerprint density at radius 3 is 2.82 bits per heavy atom. The standard InChI is InChI=1S/C10H7NO4S2/c12-8(13)5-11-9(14)7(17-10(11)15)4-6-2-1-3-16-6/h1-4H,5H2,(H,12,13)/p-1/b7-4-. The molecule has 2 amide bonds. The number of rotatable bonds is 3. The maximum Gasteiger partial charge on any atom is 0.293 e. The molecule has 0 aliphatic carbocycles. The molecule has 88 valence electrons. The first-order valence-corrected chi connectivity index (χ1v) is 6.26. The molecular formula is C10H6NO4S2-. The summed E-state index contributed by atoms with van der Waals surface area (Å²) in [6, 6.07) is 3.62. The summed E-state index contributed by atoms with van der Waals surface area (Å²) >= 11 is 2.16. The molecule has 2 heterocycles. The van der Waals surface area contributed by atoms with Crippen LogP contribution >= 0.6 is 23.1 Å². The first-order valence-electron chi connectivity index (χ1n) is 4.56. The van der Waals surface area contributed by atoms with Crippen molar-refractivity contribution in [3.05, 3.63) is 27.3 Å². The summed E-state index contributed by atoms with van der Waals surface area (Å²) in [6.45, 7) is -0.702. The van der Waals surface area contributed by atoms with Crippen LogP contribution in [0.1, 0.15) is 4.88 Å². The largest absolute Gasteiger partial charge is 0.548 e. The summed E-state index contributed by atoms with van der Waals surface area (Å²) in [7, 11) is 0. The summed E-state index contributed by atoms with van der Waals surface area (Å²) in [5, 5.41) is 11.6. The van der Waals surface area contributed by atoms with E-state index >= 15 is 0 Å². The van der Waals surface area contributed by atoms with Gasteiger partial charge in [-0.1, -0.05) is 6.07 Å². The topological polar surface area (TPSA) is 77.5 Å². The second-order valence-corrected chi connectivity index (χ2v) is 5.13. The SMILES string of the molecule is O=C([O-])CN1C(=O)S/C(=C\c2cccs2)C1=O. The first-order chi connectivity index (χ1) is 8.08. The Hall–Kier alpha value is -1.60. The van der Waals surface area contributed by atoms with Crippen LogP contribution < -0.4 is 5.11 Å². The van der Waals surface area contributed by atoms with Gasteiger partial charge in [-0.2, -0.15) is 0 Å². The fraction of sp³-hybridized carbons (Fsp3) is 0.100. The van der Waals surface area contributed by atoms with Crippen LogP contribution in [-0.2, 0) is 9.59 Å². The second-order valence-electron chi connectivity index (χ2n) is 3.16. The summed E-state index contributed by atoms with van der Waals surface area (Å²) in [4.78, 5) is 35.2. The van der Waals surface area contributed by atoms with Crippen LogP contribution in [0.5, 0.6) is 0 Å². The fourth-order valence-electron chi connectivity index (χ4n) is 1.27. The maximum absolute atomic E-state index is 11.7. The molecule has 1 aromatic heterocycles. The number of aliphatic carboxylic acids is 1. The van der Waals surface area contributed by atoms with Crippen LogP contribution in [0.25, 0.3) is 6.08 Å². The van der Waals surface area contributed by atoms with E-state index in [0.29, 0.717) is 4.90 Å². The van der Waals surface area contributed by atoms with E-state index in [1.54, 1.807) is 12.1 Å². The van der Waals surface area contributed by atoms with E-state index in [-0.39, 0.29) is 4.91 Å². The average molecular weight is 268 g/mol. The number of carboxylic acid groups (broad SMARTS) is 1. The molecule has 0 spiro atoms. The third kappa shape index (κ3) is 2.56. The van der Waals surface area contributed by atoms with Crippen molar-refractivity contribution in [1.29, 1.82) is 0 Å². The minimum atomic E-state index is -1.45. The number of hydrogen-bond acceptors (Lipinski definition) is 6. The molecule has 1 aliphatic heterocycles. The molecule has 5 nitrogen and oxygen atoms in total. The highest BCUT2D eigenvalue weighted by Gasteiger charge is 2.34. The molecule has 1 fully saturated rings. The number of hydrogen-bond donors (Lipinski definition) is 0. The van der Waals surface area contributed by atoms with Crippen molar-refractivity contribution >= 4 is 46.3 Å². The van der Waals surface area contributed by atoms with Crippen molar-refractivity contribution < 1.29 is 19.5 Å². The van der Waals surface area contributed by atoms with Gasteiger partial charge in [0, 0.05) is 4.88 Å². The molecule has 7 heteroatoms. The molecule has 1 aromatic rings. The van der Waals surface area contributed by atoms with Crippen LogP contribution in [-0.4, -0.2) is 28.6 Å². The highest BCUT2D eigenvalue weighted by atomic mass is 32.2. The molecule has 0 N–H and O–H groups in total. The van der Waals surface area contributed by atoms with Gasteiger partial charge in [-0.3, -0.25) is 14.5 Å². The lowest BCUT2D eigenvalue weighted by Gasteiger charge is -2.11. The Kier molecular flexibility index (Phi) is 3.30. The van der Waals surface area contributed by atoms with E-state index in [0.717, 1.165) is 16.6 Å². The van der Waals surface area contributed by atoms with Gasteiger partial charge in [0.25, 0.3) is 11.1 Å². The maximum atomic E-state index is 11.7. The Morgan fingerprint density at radius 2 is 2.24 bits per heavy atom. The Morgan fingerprint density at radius 1 is 1.47 bits per heavy atom. The smallest absolute Gasteiger partial charge is 0.293 e. The Labute approximate surface area is 105 Å². The van der Waals surface area contributed by atoms with E-state index in [4.69, 9.17) is 0 Å². The number of imide groups is 1. The van der Waals surface area contributed by atoms with Crippen LogP contribution in [0.4, 0.5) is 4.79 Å². The van der Waals surface area contributed by atoms with Crippen LogP contribution in [0.3, 0.4) is 0 Å². The molecule has 17 heavy (non-hydrogen) atoms. The van der Waals surface area contributed by atoms with E-state index in [1.165, 1.54) is 11.3 Å². The lowest BCUT2D eigenvalue weighted by atomic mass is 10.3. The first kappa shape index (κ1) is 11.9. The summed E-state index contributed by atoms with van der Waals surface area (Å²) in [5.41, 5.74) is 0. The minimum Gasteiger partial charge on any atom is -0.548 e. The van der Waals surface area contributed by atoms with Gasteiger partial charge >= 0.3 is 0 Å². The molecule has 0 aromatic carbocycles. The molecule has 1 saturated heterocycles. The highest BCUT2D eigenvalue weighted by Crippen LogP contribution is 2.32. The number of carboxylic acids is 1. The predicted octanol–water partition coefficient (Wildman–Crippen LogP) is 0.534. The Bertz CT molecular complexity index is 506. The van der Waals surface area contributed by atoms with E-state index in [1.807, 2.05) is 11.4 Å². The lowest BCUT2D eigenvalue weighted by molar-refractivity contribution is -0.305. The van der Waals surface area contributed by atoms with E-state index in [2.05, 4.69) is 0 Å². The minimum absolute atomic E-state index is 0.235. The predicted molar refractivity (Wildman–Crippen MR) is 62.0 cm³/mol. The molecular weight excluding hydrogens is 262 g/mol. The van der Waals surface area contributed by atoms with Crippen molar-refractivity contribution in [3.8, 4) is 0 Å². The summed E-state index contributed by atoms with van der Waals surface area (Å²) in [5.74, 6) is -2.04. The lowest BCUT2D eigenvalue weighted by Crippen LogP contribution is -2.40. The van der Waals surface area contributed by atoms with Crippen LogP contribution in [0.15, 0.2) is 22.4 Å². The summed E-state index contributed by atoms with van der Waals surface area (Å²) < 4.78 is 0. The van der Waals surface area contributed by atoms with Crippen LogP contribution in [0.2, 0.25) is 0 Å². The molecule has 0 saturated carbocycles. The normalized spacial score (nSPS) is 18.1. The number of carbonyl (C=O) groups is 3.